The second kappa shape index (κ2) is 12.2. The number of thioether (sulfide) groups is 1. The summed E-state index contributed by atoms with van der Waals surface area (Å²) in [6, 6.07) is 0. The number of carbonyl (C=O) groups is 3. The second-order valence-electron chi connectivity index (χ2n) is 5.40. The largest absolute Gasteiger partial charge is 0.463 e. The first-order chi connectivity index (χ1) is 10.8. The van der Waals surface area contributed by atoms with Crippen molar-refractivity contribution in [3.63, 3.8) is 0 Å². The molecule has 0 aliphatic rings. The Morgan fingerprint density at radius 1 is 1.13 bits per heavy atom. The number of aliphatic hydroxyl groups excluding tert-OH is 1. The Morgan fingerprint density at radius 2 is 1.74 bits per heavy atom. The van der Waals surface area contributed by atoms with Crippen molar-refractivity contribution in [1.29, 1.82) is 0 Å². The molecule has 0 aliphatic carbocycles. The monoisotopic (exact) mass is 349 g/mol. The molecule has 3 N–H and O–H groups in total. The molecule has 0 aromatic carbocycles. The van der Waals surface area contributed by atoms with Crippen LogP contribution in [0.25, 0.3) is 0 Å². The number of amides is 1. The lowest BCUT2D eigenvalue weighted by Crippen LogP contribution is -2.27. The van der Waals surface area contributed by atoms with Gasteiger partial charge < -0.3 is 20.3 Å². The average Bonchev–Trinajstić information content (AvgIpc) is 2.53. The van der Waals surface area contributed by atoms with Gasteiger partial charge in [-0.15, -0.1) is 0 Å². The number of esters is 2. The molecular formula is C15H27NO6S. The van der Waals surface area contributed by atoms with E-state index in [1.165, 1.54) is 11.8 Å². The summed E-state index contributed by atoms with van der Waals surface area (Å²) in [6.45, 7) is 4.93. The molecule has 0 heterocycles. The first-order valence-corrected chi connectivity index (χ1v) is 8.80. The molecule has 0 bridgehead atoms. The van der Waals surface area contributed by atoms with Crippen molar-refractivity contribution in [2.24, 2.45) is 17.6 Å². The van der Waals surface area contributed by atoms with E-state index in [4.69, 9.17) is 15.2 Å². The summed E-state index contributed by atoms with van der Waals surface area (Å²) in [6.07, 6.45) is -0.194. The smallest absolute Gasteiger partial charge is 0.308 e. The lowest BCUT2D eigenvalue weighted by atomic mass is 10.1. The molecule has 1 amide bonds. The van der Waals surface area contributed by atoms with Crippen molar-refractivity contribution in [2.45, 2.75) is 39.7 Å². The van der Waals surface area contributed by atoms with Gasteiger partial charge in [0.2, 0.25) is 5.91 Å². The van der Waals surface area contributed by atoms with Crippen LogP contribution >= 0.6 is 11.8 Å². The Hall–Kier alpha value is -1.28. The number of hydrogen-bond donors (Lipinski definition) is 2. The van der Waals surface area contributed by atoms with Crippen LogP contribution in [0.3, 0.4) is 0 Å². The molecule has 0 saturated carbocycles. The van der Waals surface area contributed by atoms with E-state index in [1.54, 1.807) is 13.8 Å². The van der Waals surface area contributed by atoms with Crippen LogP contribution in [-0.2, 0) is 23.9 Å². The van der Waals surface area contributed by atoms with Crippen molar-refractivity contribution in [3.8, 4) is 0 Å². The number of primary amides is 1. The minimum absolute atomic E-state index is 0.176. The Balaban J connectivity index is 3.72. The number of carbonyl (C=O) groups excluding carboxylic acids is 3. The van der Waals surface area contributed by atoms with E-state index in [0.29, 0.717) is 17.9 Å². The minimum Gasteiger partial charge on any atom is -0.463 e. The van der Waals surface area contributed by atoms with E-state index in [-0.39, 0.29) is 43.3 Å². The van der Waals surface area contributed by atoms with Gasteiger partial charge in [-0.05, 0) is 6.42 Å². The highest BCUT2D eigenvalue weighted by Gasteiger charge is 2.16. The number of nitrogens with two attached hydrogens (primary N) is 1. The number of ether oxygens (including phenoxy) is 2. The van der Waals surface area contributed by atoms with Gasteiger partial charge in [0.25, 0.3) is 0 Å². The fourth-order valence-corrected chi connectivity index (χ4v) is 2.29. The maximum atomic E-state index is 11.5. The lowest BCUT2D eigenvalue weighted by molar-refractivity contribution is -0.154. The second-order valence-corrected chi connectivity index (χ2v) is 6.55. The van der Waals surface area contributed by atoms with Crippen molar-refractivity contribution in [3.05, 3.63) is 0 Å². The normalized spacial score (nSPS) is 14.6. The third-order valence-corrected chi connectivity index (χ3v) is 4.40. The maximum Gasteiger partial charge on any atom is 0.308 e. The standard InChI is InChI=1S/C15H27NO6S/c1-4-10(2)15(20)22-8-12(17)7-21-13(18)5-6-23-9-11(3)14(16)19/h10-12,17H,4-9H2,1-3H3,(H2,16,19). The zero-order chi connectivity index (χ0) is 17.8. The van der Waals surface area contributed by atoms with Crippen molar-refractivity contribution < 1.29 is 29.0 Å². The lowest BCUT2D eigenvalue weighted by Gasteiger charge is -2.14. The first kappa shape index (κ1) is 21.7. The van der Waals surface area contributed by atoms with E-state index >= 15 is 0 Å². The van der Waals surface area contributed by atoms with Gasteiger partial charge in [-0.1, -0.05) is 20.8 Å². The van der Waals surface area contributed by atoms with Gasteiger partial charge in [0.15, 0.2) is 0 Å². The summed E-state index contributed by atoms with van der Waals surface area (Å²) < 4.78 is 9.80. The third-order valence-electron chi connectivity index (χ3n) is 3.17. The SMILES string of the molecule is CCC(C)C(=O)OCC(O)COC(=O)CCSCC(C)C(N)=O. The van der Waals surface area contributed by atoms with Crippen molar-refractivity contribution in [1.82, 2.24) is 0 Å². The van der Waals surface area contributed by atoms with E-state index in [1.807, 2.05) is 6.92 Å². The van der Waals surface area contributed by atoms with E-state index in [9.17, 15) is 19.5 Å². The van der Waals surface area contributed by atoms with Gasteiger partial charge in [-0.3, -0.25) is 14.4 Å². The average molecular weight is 349 g/mol. The maximum absolute atomic E-state index is 11.5. The summed E-state index contributed by atoms with van der Waals surface area (Å²) in [5, 5.41) is 9.60. The third kappa shape index (κ3) is 11.0. The van der Waals surface area contributed by atoms with Crippen molar-refractivity contribution >= 4 is 29.6 Å². The minimum atomic E-state index is -1.03. The van der Waals surface area contributed by atoms with Gasteiger partial charge in [-0.2, -0.15) is 11.8 Å². The number of aliphatic hydroxyl groups is 1. The summed E-state index contributed by atoms with van der Waals surface area (Å²) in [7, 11) is 0. The molecule has 0 aromatic heterocycles. The van der Waals surface area contributed by atoms with Crippen LogP contribution in [0.5, 0.6) is 0 Å². The van der Waals surface area contributed by atoms with Gasteiger partial charge in [0.1, 0.15) is 19.3 Å². The van der Waals surface area contributed by atoms with Crippen LogP contribution in [0, 0.1) is 11.8 Å². The van der Waals surface area contributed by atoms with Crippen LogP contribution in [0.15, 0.2) is 0 Å². The van der Waals surface area contributed by atoms with Crippen LogP contribution in [-0.4, -0.2) is 53.8 Å². The molecule has 3 atom stereocenters. The molecule has 0 fully saturated rings. The summed E-state index contributed by atoms with van der Waals surface area (Å²) >= 11 is 1.44. The van der Waals surface area contributed by atoms with Crippen molar-refractivity contribution in [2.75, 3.05) is 24.7 Å². The Morgan fingerprint density at radius 3 is 2.30 bits per heavy atom. The van der Waals surface area contributed by atoms with E-state index in [0.717, 1.165) is 0 Å². The molecule has 0 rings (SSSR count). The highest BCUT2D eigenvalue weighted by atomic mass is 32.2. The highest BCUT2D eigenvalue weighted by Crippen LogP contribution is 2.09. The summed E-state index contributed by atoms with van der Waals surface area (Å²) in [5.41, 5.74) is 5.13. The molecule has 8 heteroatoms. The highest BCUT2D eigenvalue weighted by molar-refractivity contribution is 7.99. The van der Waals surface area contributed by atoms with E-state index in [2.05, 4.69) is 0 Å². The zero-order valence-electron chi connectivity index (χ0n) is 13.9. The molecular weight excluding hydrogens is 322 g/mol. The molecule has 3 unspecified atom stereocenters. The molecule has 7 nitrogen and oxygen atoms in total. The molecule has 0 radical (unpaired) electrons. The number of rotatable bonds is 12. The van der Waals surface area contributed by atoms with Crippen LogP contribution in [0.4, 0.5) is 0 Å². The first-order valence-electron chi connectivity index (χ1n) is 7.65. The Bertz CT molecular complexity index is 390. The quantitative estimate of drug-likeness (QED) is 0.394. The van der Waals surface area contributed by atoms with E-state index < -0.39 is 12.1 Å². The topological polar surface area (TPSA) is 116 Å². The molecule has 0 saturated heterocycles. The summed E-state index contributed by atoms with van der Waals surface area (Å²) in [4.78, 5) is 33.7. The zero-order valence-corrected chi connectivity index (χ0v) is 14.8. The Kier molecular flexibility index (Phi) is 11.5. The predicted molar refractivity (Wildman–Crippen MR) is 87.7 cm³/mol. The van der Waals surface area contributed by atoms with Gasteiger partial charge in [0.05, 0.1) is 12.3 Å². The summed E-state index contributed by atoms with van der Waals surface area (Å²) in [5.74, 6) is -0.584. The van der Waals surface area contributed by atoms with Crippen LogP contribution in [0.1, 0.15) is 33.6 Å². The van der Waals surface area contributed by atoms with Crippen LogP contribution in [0.2, 0.25) is 0 Å². The Labute approximate surface area is 141 Å². The van der Waals surface area contributed by atoms with Gasteiger partial charge in [0, 0.05) is 17.4 Å². The fraction of sp³-hybridized carbons (Fsp3) is 0.800. The van der Waals surface area contributed by atoms with Crippen LogP contribution < -0.4 is 5.73 Å². The molecule has 134 valence electrons. The fourth-order valence-electron chi connectivity index (χ4n) is 1.29. The molecule has 0 aliphatic heterocycles. The van der Waals surface area contributed by atoms with Gasteiger partial charge in [-0.25, -0.2) is 0 Å². The predicted octanol–water partition coefficient (Wildman–Crippen LogP) is 0.725. The molecule has 0 aromatic rings. The van der Waals surface area contributed by atoms with Gasteiger partial charge >= 0.3 is 11.9 Å². The number of hydrogen-bond acceptors (Lipinski definition) is 7. The molecule has 23 heavy (non-hydrogen) atoms. The molecule has 0 spiro atoms.